The predicted octanol–water partition coefficient (Wildman–Crippen LogP) is 0.690. The Morgan fingerprint density at radius 2 is 2.15 bits per heavy atom. The summed E-state index contributed by atoms with van der Waals surface area (Å²) in [6, 6.07) is 5.13. The van der Waals surface area contributed by atoms with Crippen molar-refractivity contribution in [1.29, 1.82) is 0 Å². The zero-order valence-electron chi connectivity index (χ0n) is 10.9. The molecule has 1 aromatic heterocycles. The molecule has 2 rings (SSSR count). The first-order valence-electron chi connectivity index (χ1n) is 6.04. The van der Waals surface area contributed by atoms with Crippen molar-refractivity contribution in [3.05, 3.63) is 34.3 Å². The van der Waals surface area contributed by atoms with Crippen molar-refractivity contribution < 1.29 is 18.7 Å². The SMILES string of the molecule is COC(=O)CCC(=O)NCc1ccc2oc(=O)[nH]c2c1. The Bertz CT molecular complexity index is 685. The van der Waals surface area contributed by atoms with Crippen LogP contribution in [0.5, 0.6) is 0 Å². The highest BCUT2D eigenvalue weighted by molar-refractivity contribution is 5.81. The zero-order valence-corrected chi connectivity index (χ0v) is 10.9. The van der Waals surface area contributed by atoms with E-state index in [2.05, 4.69) is 15.0 Å². The zero-order chi connectivity index (χ0) is 14.5. The van der Waals surface area contributed by atoms with Gasteiger partial charge in [-0.1, -0.05) is 6.07 Å². The van der Waals surface area contributed by atoms with E-state index in [9.17, 15) is 14.4 Å². The number of methoxy groups -OCH3 is 1. The quantitative estimate of drug-likeness (QED) is 0.783. The average Bonchev–Trinajstić information content (AvgIpc) is 2.81. The van der Waals surface area contributed by atoms with Gasteiger partial charge in [0.05, 0.1) is 19.0 Å². The summed E-state index contributed by atoms with van der Waals surface area (Å²) in [5.41, 5.74) is 1.87. The highest BCUT2D eigenvalue weighted by atomic mass is 16.5. The van der Waals surface area contributed by atoms with E-state index in [1.165, 1.54) is 7.11 Å². The Morgan fingerprint density at radius 3 is 2.90 bits per heavy atom. The number of oxazole rings is 1. The summed E-state index contributed by atoms with van der Waals surface area (Å²) in [5.74, 6) is -1.17. The van der Waals surface area contributed by atoms with Gasteiger partial charge < -0.3 is 14.5 Å². The number of H-pyrrole nitrogens is 1. The van der Waals surface area contributed by atoms with E-state index in [0.717, 1.165) is 5.56 Å². The van der Waals surface area contributed by atoms with E-state index in [-0.39, 0.29) is 18.7 Å². The first-order valence-corrected chi connectivity index (χ1v) is 6.04. The number of benzene rings is 1. The predicted molar refractivity (Wildman–Crippen MR) is 69.9 cm³/mol. The van der Waals surface area contributed by atoms with Gasteiger partial charge in [-0.15, -0.1) is 0 Å². The molecule has 0 saturated carbocycles. The Morgan fingerprint density at radius 1 is 1.35 bits per heavy atom. The van der Waals surface area contributed by atoms with Crippen LogP contribution in [0.25, 0.3) is 11.1 Å². The fourth-order valence-electron chi connectivity index (χ4n) is 1.72. The molecule has 0 radical (unpaired) electrons. The molecule has 20 heavy (non-hydrogen) atoms. The fourth-order valence-corrected chi connectivity index (χ4v) is 1.72. The minimum Gasteiger partial charge on any atom is -0.469 e. The standard InChI is InChI=1S/C13H14N2O5/c1-19-12(17)5-4-11(16)14-7-8-2-3-10-9(6-8)15-13(18)20-10/h2-3,6H,4-5,7H2,1H3,(H,14,16)(H,15,18). The van der Waals surface area contributed by atoms with Crippen LogP contribution in [0.4, 0.5) is 0 Å². The molecule has 0 aliphatic rings. The Kier molecular flexibility index (Phi) is 4.19. The molecule has 7 nitrogen and oxygen atoms in total. The number of hydrogen-bond donors (Lipinski definition) is 2. The van der Waals surface area contributed by atoms with E-state index in [4.69, 9.17) is 4.42 Å². The topological polar surface area (TPSA) is 101 Å². The fraction of sp³-hybridized carbons (Fsp3) is 0.308. The van der Waals surface area contributed by atoms with Crippen LogP contribution in [0, 0.1) is 0 Å². The van der Waals surface area contributed by atoms with Crippen molar-refractivity contribution in [3.8, 4) is 0 Å². The summed E-state index contributed by atoms with van der Waals surface area (Å²) in [5, 5.41) is 2.68. The number of fused-ring (bicyclic) bond motifs is 1. The maximum atomic E-state index is 11.5. The van der Waals surface area contributed by atoms with Gasteiger partial charge in [0.15, 0.2) is 5.58 Å². The molecule has 0 unspecified atom stereocenters. The van der Waals surface area contributed by atoms with Crippen molar-refractivity contribution in [2.75, 3.05) is 7.11 Å². The first-order chi connectivity index (χ1) is 9.58. The third-order valence-electron chi connectivity index (χ3n) is 2.76. The Balaban J connectivity index is 1.90. The molecular formula is C13H14N2O5. The second-order valence-electron chi connectivity index (χ2n) is 4.20. The highest BCUT2D eigenvalue weighted by Crippen LogP contribution is 2.12. The number of carbonyl (C=O) groups is 2. The summed E-state index contributed by atoms with van der Waals surface area (Å²) in [6.07, 6.45) is 0.133. The normalized spacial score (nSPS) is 10.4. The Hall–Kier alpha value is -2.57. The van der Waals surface area contributed by atoms with Crippen molar-refractivity contribution in [2.24, 2.45) is 0 Å². The van der Waals surface area contributed by atoms with E-state index >= 15 is 0 Å². The summed E-state index contributed by atoms with van der Waals surface area (Å²) >= 11 is 0. The summed E-state index contributed by atoms with van der Waals surface area (Å²) < 4.78 is 9.33. The molecule has 1 amide bonds. The number of hydrogen-bond acceptors (Lipinski definition) is 5. The lowest BCUT2D eigenvalue weighted by molar-refractivity contribution is -0.142. The lowest BCUT2D eigenvalue weighted by atomic mass is 10.2. The van der Waals surface area contributed by atoms with Crippen molar-refractivity contribution >= 4 is 23.0 Å². The molecule has 0 bridgehead atoms. The van der Waals surface area contributed by atoms with E-state index in [1.54, 1.807) is 18.2 Å². The van der Waals surface area contributed by atoms with E-state index < -0.39 is 11.7 Å². The third-order valence-corrected chi connectivity index (χ3v) is 2.76. The summed E-state index contributed by atoms with van der Waals surface area (Å²) in [6.45, 7) is 0.309. The maximum Gasteiger partial charge on any atom is 0.417 e. The van der Waals surface area contributed by atoms with Gasteiger partial charge in [0, 0.05) is 13.0 Å². The molecule has 2 aromatic rings. The lowest BCUT2D eigenvalue weighted by Gasteiger charge is -2.04. The maximum absolute atomic E-state index is 11.5. The number of amides is 1. The summed E-state index contributed by atoms with van der Waals surface area (Å²) in [4.78, 5) is 35.9. The molecule has 0 atom stereocenters. The number of rotatable bonds is 5. The van der Waals surface area contributed by atoms with Crippen LogP contribution in [-0.2, 0) is 20.9 Å². The van der Waals surface area contributed by atoms with Gasteiger partial charge in [0.1, 0.15) is 0 Å². The molecule has 1 aromatic carbocycles. The minimum atomic E-state index is -0.515. The number of aromatic amines is 1. The molecule has 0 fully saturated rings. The van der Waals surface area contributed by atoms with Gasteiger partial charge in [0.25, 0.3) is 0 Å². The minimum absolute atomic E-state index is 0.0520. The average molecular weight is 278 g/mol. The van der Waals surface area contributed by atoms with Crippen LogP contribution >= 0.6 is 0 Å². The molecule has 0 aliphatic heterocycles. The number of nitrogens with one attached hydrogen (secondary N) is 2. The van der Waals surface area contributed by atoms with E-state index in [1.807, 2.05) is 0 Å². The number of esters is 1. The van der Waals surface area contributed by atoms with Crippen molar-refractivity contribution in [3.63, 3.8) is 0 Å². The number of ether oxygens (including phenoxy) is 1. The molecule has 2 N–H and O–H groups in total. The van der Waals surface area contributed by atoms with Crippen molar-refractivity contribution in [2.45, 2.75) is 19.4 Å². The Labute approximate surface area is 113 Å². The van der Waals surface area contributed by atoms with E-state index in [0.29, 0.717) is 17.6 Å². The first kappa shape index (κ1) is 13.9. The lowest BCUT2D eigenvalue weighted by Crippen LogP contribution is -2.23. The van der Waals surface area contributed by atoms with Crippen LogP contribution in [0.15, 0.2) is 27.4 Å². The second-order valence-corrected chi connectivity index (χ2v) is 4.20. The van der Waals surface area contributed by atoms with Crippen LogP contribution in [-0.4, -0.2) is 24.0 Å². The molecule has 7 heteroatoms. The van der Waals surface area contributed by atoms with Crippen LogP contribution < -0.4 is 11.1 Å². The monoisotopic (exact) mass is 278 g/mol. The van der Waals surface area contributed by atoms with Crippen molar-refractivity contribution in [1.82, 2.24) is 10.3 Å². The van der Waals surface area contributed by atoms with Crippen LogP contribution in [0.2, 0.25) is 0 Å². The highest BCUT2D eigenvalue weighted by Gasteiger charge is 2.07. The second kappa shape index (κ2) is 6.05. The molecular weight excluding hydrogens is 264 g/mol. The van der Waals surface area contributed by atoms with Gasteiger partial charge in [0.2, 0.25) is 5.91 Å². The number of carbonyl (C=O) groups excluding carboxylic acids is 2. The van der Waals surface area contributed by atoms with Crippen LogP contribution in [0.3, 0.4) is 0 Å². The third kappa shape index (κ3) is 3.47. The van der Waals surface area contributed by atoms with Gasteiger partial charge in [-0.05, 0) is 17.7 Å². The molecule has 0 saturated heterocycles. The van der Waals surface area contributed by atoms with Gasteiger partial charge in [-0.3, -0.25) is 14.6 Å². The molecule has 0 aliphatic carbocycles. The van der Waals surface area contributed by atoms with Gasteiger partial charge >= 0.3 is 11.7 Å². The smallest absolute Gasteiger partial charge is 0.417 e. The molecule has 0 spiro atoms. The largest absolute Gasteiger partial charge is 0.469 e. The molecule has 106 valence electrons. The van der Waals surface area contributed by atoms with Gasteiger partial charge in [-0.25, -0.2) is 4.79 Å². The number of aromatic nitrogens is 1. The van der Waals surface area contributed by atoms with Gasteiger partial charge in [-0.2, -0.15) is 0 Å². The van der Waals surface area contributed by atoms with Crippen LogP contribution in [0.1, 0.15) is 18.4 Å². The summed E-state index contributed by atoms with van der Waals surface area (Å²) in [7, 11) is 1.28. The molecule has 1 heterocycles.